The fourth-order valence-corrected chi connectivity index (χ4v) is 1.07. The van der Waals surface area contributed by atoms with Gasteiger partial charge >= 0.3 is 0 Å². The highest BCUT2D eigenvalue weighted by Crippen LogP contribution is 2.21. The van der Waals surface area contributed by atoms with Gasteiger partial charge in [-0.25, -0.2) is 4.39 Å². The van der Waals surface area contributed by atoms with Crippen LogP contribution in [0.4, 0.5) is 4.39 Å². The number of hydrogen-bond acceptors (Lipinski definition) is 3. The molecule has 0 amide bonds. The van der Waals surface area contributed by atoms with Gasteiger partial charge < -0.3 is 15.9 Å². The Balaban J connectivity index is 0.00000169. The van der Waals surface area contributed by atoms with E-state index in [-0.39, 0.29) is 31.2 Å². The van der Waals surface area contributed by atoms with Crippen LogP contribution < -0.4 is 5.73 Å². The molecule has 1 aromatic carbocycles. The largest absolute Gasteiger partial charge is 0.505 e. The van der Waals surface area contributed by atoms with Crippen molar-refractivity contribution in [3.63, 3.8) is 0 Å². The second-order valence-corrected chi connectivity index (χ2v) is 2.89. The predicted octanol–water partition coefficient (Wildman–Crippen LogP) is 0.815. The van der Waals surface area contributed by atoms with Crippen molar-refractivity contribution in [1.29, 1.82) is 0 Å². The number of hydrogen-bond donors (Lipinski definition) is 3. The Morgan fingerprint density at radius 3 is 2.64 bits per heavy atom. The van der Waals surface area contributed by atoms with Gasteiger partial charge in [0.1, 0.15) is 0 Å². The number of aromatic hydroxyl groups is 1. The van der Waals surface area contributed by atoms with Crippen LogP contribution in [-0.2, 0) is 6.42 Å². The Labute approximate surface area is 87.8 Å². The van der Waals surface area contributed by atoms with E-state index in [9.17, 15) is 9.50 Å². The summed E-state index contributed by atoms with van der Waals surface area (Å²) in [5.41, 5.74) is 5.86. The standard InChI is InChI=1S/C9H12FNO2.ClH/c10-8-3-1-2-6(9(8)13)4-7(11)5-12;/h1-3,7,12-13H,4-5,11H2;1H. The van der Waals surface area contributed by atoms with E-state index in [0.29, 0.717) is 5.56 Å². The van der Waals surface area contributed by atoms with Gasteiger partial charge in [-0.15, -0.1) is 12.4 Å². The number of nitrogens with two attached hydrogens (primary N) is 1. The molecule has 80 valence electrons. The zero-order chi connectivity index (χ0) is 9.84. The van der Waals surface area contributed by atoms with Crippen molar-refractivity contribution in [1.82, 2.24) is 0 Å². The Morgan fingerprint density at radius 1 is 1.43 bits per heavy atom. The highest BCUT2D eigenvalue weighted by molar-refractivity contribution is 5.85. The molecule has 0 aliphatic carbocycles. The lowest BCUT2D eigenvalue weighted by Gasteiger charge is -2.09. The molecule has 1 rings (SSSR count). The van der Waals surface area contributed by atoms with Gasteiger partial charge in [0.25, 0.3) is 0 Å². The lowest BCUT2D eigenvalue weighted by molar-refractivity contribution is 0.264. The summed E-state index contributed by atoms with van der Waals surface area (Å²) in [5, 5.41) is 17.9. The zero-order valence-electron chi connectivity index (χ0n) is 7.48. The molecule has 3 nitrogen and oxygen atoms in total. The second kappa shape index (κ2) is 5.80. The lowest BCUT2D eigenvalue weighted by Crippen LogP contribution is -2.26. The third-order valence-corrected chi connectivity index (χ3v) is 1.79. The lowest BCUT2D eigenvalue weighted by atomic mass is 10.1. The molecule has 0 saturated heterocycles. The van der Waals surface area contributed by atoms with E-state index >= 15 is 0 Å². The van der Waals surface area contributed by atoms with Gasteiger partial charge in [-0.3, -0.25) is 0 Å². The second-order valence-electron chi connectivity index (χ2n) is 2.89. The number of para-hydroxylation sites is 1. The Morgan fingerprint density at radius 2 is 2.07 bits per heavy atom. The van der Waals surface area contributed by atoms with Crippen molar-refractivity contribution in [2.24, 2.45) is 5.73 Å². The number of aliphatic hydroxyl groups excluding tert-OH is 1. The molecule has 5 heteroatoms. The minimum Gasteiger partial charge on any atom is -0.505 e. The molecule has 0 aromatic heterocycles. The average molecular weight is 222 g/mol. The molecule has 14 heavy (non-hydrogen) atoms. The first-order valence-electron chi connectivity index (χ1n) is 3.98. The maximum Gasteiger partial charge on any atom is 0.165 e. The first-order chi connectivity index (χ1) is 6.15. The van der Waals surface area contributed by atoms with Crippen LogP contribution in [0, 0.1) is 5.82 Å². The number of aliphatic hydroxyl groups is 1. The van der Waals surface area contributed by atoms with Crippen molar-refractivity contribution < 1.29 is 14.6 Å². The van der Waals surface area contributed by atoms with E-state index in [1.54, 1.807) is 6.07 Å². The van der Waals surface area contributed by atoms with Gasteiger partial charge in [0.15, 0.2) is 11.6 Å². The summed E-state index contributed by atoms with van der Waals surface area (Å²) in [7, 11) is 0. The number of rotatable bonds is 3. The third-order valence-electron chi connectivity index (χ3n) is 1.79. The van der Waals surface area contributed by atoms with E-state index in [1.165, 1.54) is 12.1 Å². The van der Waals surface area contributed by atoms with E-state index in [1.807, 2.05) is 0 Å². The summed E-state index contributed by atoms with van der Waals surface area (Å²) in [5.74, 6) is -1.05. The fourth-order valence-electron chi connectivity index (χ4n) is 1.07. The van der Waals surface area contributed by atoms with Crippen LogP contribution in [0.1, 0.15) is 5.56 Å². The maximum atomic E-state index is 12.8. The fraction of sp³-hybridized carbons (Fsp3) is 0.333. The number of phenols is 1. The molecule has 0 aliphatic rings. The molecular formula is C9H13ClFNO2. The molecule has 1 unspecified atom stereocenters. The van der Waals surface area contributed by atoms with Crippen LogP contribution in [0.3, 0.4) is 0 Å². The van der Waals surface area contributed by atoms with Crippen LogP contribution in [0.15, 0.2) is 18.2 Å². The molecule has 0 radical (unpaired) electrons. The summed E-state index contributed by atoms with van der Waals surface area (Å²) in [6.45, 7) is -0.185. The maximum absolute atomic E-state index is 12.8. The highest BCUT2D eigenvalue weighted by Gasteiger charge is 2.09. The van der Waals surface area contributed by atoms with Crippen LogP contribution >= 0.6 is 12.4 Å². The number of halogens is 2. The molecular weight excluding hydrogens is 209 g/mol. The van der Waals surface area contributed by atoms with Gasteiger partial charge in [-0.1, -0.05) is 12.1 Å². The predicted molar refractivity (Wildman–Crippen MR) is 54.1 cm³/mol. The quantitative estimate of drug-likeness (QED) is 0.708. The Kier molecular flexibility index (Phi) is 5.45. The van der Waals surface area contributed by atoms with Crippen LogP contribution in [0.25, 0.3) is 0 Å². The molecule has 0 bridgehead atoms. The monoisotopic (exact) mass is 221 g/mol. The van der Waals surface area contributed by atoms with Crippen molar-refractivity contribution >= 4 is 12.4 Å². The number of phenolic OH excluding ortho intramolecular Hbond substituents is 1. The van der Waals surface area contributed by atoms with E-state index in [4.69, 9.17) is 10.8 Å². The topological polar surface area (TPSA) is 66.5 Å². The molecule has 0 heterocycles. The molecule has 1 atom stereocenters. The normalized spacial score (nSPS) is 11.9. The number of benzene rings is 1. The Bertz CT molecular complexity index is 296. The molecule has 0 fully saturated rings. The van der Waals surface area contributed by atoms with Crippen LogP contribution in [-0.4, -0.2) is 22.9 Å². The summed E-state index contributed by atoms with van der Waals surface area (Å²) in [6.07, 6.45) is 0.264. The zero-order valence-corrected chi connectivity index (χ0v) is 8.30. The highest BCUT2D eigenvalue weighted by atomic mass is 35.5. The first-order valence-corrected chi connectivity index (χ1v) is 3.98. The first kappa shape index (κ1) is 13.2. The summed E-state index contributed by atoms with van der Waals surface area (Å²) < 4.78 is 12.8. The Hall–Kier alpha value is -0.840. The van der Waals surface area contributed by atoms with E-state index in [0.717, 1.165) is 0 Å². The van der Waals surface area contributed by atoms with Crippen molar-refractivity contribution in [2.75, 3.05) is 6.61 Å². The third kappa shape index (κ3) is 3.14. The van der Waals surface area contributed by atoms with Crippen LogP contribution in [0.2, 0.25) is 0 Å². The van der Waals surface area contributed by atoms with Gasteiger partial charge in [0, 0.05) is 6.04 Å². The van der Waals surface area contributed by atoms with Gasteiger partial charge in [-0.2, -0.15) is 0 Å². The summed E-state index contributed by atoms with van der Waals surface area (Å²) in [4.78, 5) is 0. The molecule has 4 N–H and O–H groups in total. The smallest absolute Gasteiger partial charge is 0.165 e. The molecule has 0 aliphatic heterocycles. The average Bonchev–Trinajstić information content (AvgIpc) is 2.13. The minimum atomic E-state index is -0.664. The van der Waals surface area contributed by atoms with Crippen LogP contribution in [0.5, 0.6) is 5.75 Å². The molecule has 0 spiro atoms. The van der Waals surface area contributed by atoms with E-state index < -0.39 is 11.9 Å². The minimum absolute atomic E-state index is 0. The van der Waals surface area contributed by atoms with Gasteiger partial charge in [0.2, 0.25) is 0 Å². The SMILES string of the molecule is Cl.NC(CO)Cc1cccc(F)c1O. The van der Waals surface area contributed by atoms with Crippen molar-refractivity contribution in [2.45, 2.75) is 12.5 Å². The summed E-state index contributed by atoms with van der Waals surface area (Å²) in [6, 6.07) is 3.78. The van der Waals surface area contributed by atoms with Gasteiger partial charge in [0.05, 0.1) is 6.61 Å². The molecule has 1 aromatic rings. The van der Waals surface area contributed by atoms with Crippen molar-refractivity contribution in [3.8, 4) is 5.75 Å². The van der Waals surface area contributed by atoms with Crippen molar-refractivity contribution in [3.05, 3.63) is 29.6 Å². The van der Waals surface area contributed by atoms with Gasteiger partial charge in [-0.05, 0) is 18.1 Å². The van der Waals surface area contributed by atoms with E-state index in [2.05, 4.69) is 0 Å². The molecule has 0 saturated carbocycles. The summed E-state index contributed by atoms with van der Waals surface area (Å²) >= 11 is 0.